The van der Waals surface area contributed by atoms with Gasteiger partial charge in [0, 0.05) is 31.1 Å². The topological polar surface area (TPSA) is 28.4 Å². The van der Waals surface area contributed by atoms with Gasteiger partial charge in [-0.25, -0.2) is 4.39 Å². The maximum atomic E-state index is 13.7. The minimum Gasteiger partial charge on any atom is -0.462 e. The average molecular weight is 246 g/mol. The lowest BCUT2D eigenvalue weighted by Gasteiger charge is -2.38. The van der Waals surface area contributed by atoms with Gasteiger partial charge in [-0.15, -0.1) is 0 Å². The van der Waals surface area contributed by atoms with E-state index in [0.717, 1.165) is 36.3 Å². The van der Waals surface area contributed by atoms with Crippen LogP contribution in [0.5, 0.6) is 0 Å². The lowest BCUT2D eigenvalue weighted by Crippen LogP contribution is -2.53. The number of nitrogens with one attached hydrogen (secondary N) is 1. The van der Waals surface area contributed by atoms with Crippen LogP contribution in [0.1, 0.15) is 12.8 Å². The highest BCUT2D eigenvalue weighted by Crippen LogP contribution is 2.46. The number of piperazine rings is 1. The molecule has 3 nitrogen and oxygen atoms in total. The molecule has 2 aromatic rings. The Labute approximate surface area is 105 Å². The Hall–Kier alpha value is -1.55. The molecule has 0 unspecified atom stereocenters. The van der Waals surface area contributed by atoms with Crippen LogP contribution in [-0.4, -0.2) is 25.2 Å². The van der Waals surface area contributed by atoms with E-state index in [1.54, 1.807) is 12.3 Å². The zero-order chi connectivity index (χ0) is 12.2. The van der Waals surface area contributed by atoms with E-state index in [4.69, 9.17) is 4.42 Å². The summed E-state index contributed by atoms with van der Waals surface area (Å²) in [6, 6.07) is 4.96. The molecule has 1 saturated heterocycles. The number of hydrogen-bond donors (Lipinski definition) is 1. The number of furan rings is 1. The van der Waals surface area contributed by atoms with Crippen LogP contribution in [0.3, 0.4) is 0 Å². The fraction of sp³-hybridized carbons (Fsp3) is 0.429. The molecule has 0 radical (unpaired) electrons. The van der Waals surface area contributed by atoms with Crippen molar-refractivity contribution in [3.63, 3.8) is 0 Å². The maximum Gasteiger partial charge on any atom is 0.157 e. The van der Waals surface area contributed by atoms with Crippen LogP contribution in [-0.2, 0) is 0 Å². The van der Waals surface area contributed by atoms with Gasteiger partial charge < -0.3 is 14.6 Å². The molecule has 2 aliphatic rings. The number of halogens is 1. The SMILES string of the molecule is Fc1cc(N2CCNCC23CC3)c2occc2c1. The number of benzene rings is 1. The molecule has 0 amide bonds. The fourth-order valence-corrected chi connectivity index (χ4v) is 3.04. The molecule has 0 bridgehead atoms. The Kier molecular flexibility index (Phi) is 2.01. The van der Waals surface area contributed by atoms with Crippen molar-refractivity contribution in [3.8, 4) is 0 Å². The van der Waals surface area contributed by atoms with Gasteiger partial charge in [0.15, 0.2) is 5.58 Å². The summed E-state index contributed by atoms with van der Waals surface area (Å²) < 4.78 is 19.3. The van der Waals surface area contributed by atoms with E-state index in [2.05, 4.69) is 10.2 Å². The molecule has 1 aromatic carbocycles. The molecule has 1 aliphatic carbocycles. The van der Waals surface area contributed by atoms with Crippen molar-refractivity contribution in [3.05, 3.63) is 30.3 Å². The van der Waals surface area contributed by atoms with Gasteiger partial charge in [-0.05, 0) is 25.0 Å². The van der Waals surface area contributed by atoms with Crippen LogP contribution in [0, 0.1) is 5.82 Å². The highest BCUT2D eigenvalue weighted by Gasteiger charge is 2.49. The second kappa shape index (κ2) is 3.48. The molecule has 1 N–H and O–H groups in total. The maximum absolute atomic E-state index is 13.7. The van der Waals surface area contributed by atoms with Gasteiger partial charge in [-0.3, -0.25) is 0 Å². The number of anilines is 1. The van der Waals surface area contributed by atoms with E-state index in [-0.39, 0.29) is 11.4 Å². The van der Waals surface area contributed by atoms with Crippen molar-refractivity contribution in [2.24, 2.45) is 0 Å². The standard InChI is InChI=1S/C14H15FN2O/c15-11-7-10-1-6-18-13(10)12(8-11)17-5-4-16-9-14(17)2-3-14/h1,6-8,16H,2-5,9H2. The van der Waals surface area contributed by atoms with E-state index in [1.807, 2.05) is 6.07 Å². The Bertz CT molecular complexity index is 603. The number of rotatable bonds is 1. The smallest absolute Gasteiger partial charge is 0.157 e. The van der Waals surface area contributed by atoms with E-state index in [9.17, 15) is 4.39 Å². The minimum atomic E-state index is -0.187. The summed E-state index contributed by atoms with van der Waals surface area (Å²) in [4.78, 5) is 2.33. The van der Waals surface area contributed by atoms with Crippen molar-refractivity contribution in [2.75, 3.05) is 24.5 Å². The van der Waals surface area contributed by atoms with E-state index < -0.39 is 0 Å². The lowest BCUT2D eigenvalue weighted by atomic mass is 10.1. The third-order valence-corrected chi connectivity index (χ3v) is 4.15. The number of nitrogens with zero attached hydrogens (tertiary/aromatic N) is 1. The first kappa shape index (κ1) is 10.4. The Morgan fingerprint density at radius 1 is 1.33 bits per heavy atom. The van der Waals surface area contributed by atoms with Gasteiger partial charge in [0.2, 0.25) is 0 Å². The number of fused-ring (bicyclic) bond motifs is 1. The molecular weight excluding hydrogens is 231 g/mol. The summed E-state index contributed by atoms with van der Waals surface area (Å²) in [6.07, 6.45) is 3.99. The summed E-state index contributed by atoms with van der Waals surface area (Å²) in [6.45, 7) is 2.85. The van der Waals surface area contributed by atoms with Crippen LogP contribution >= 0.6 is 0 Å². The predicted molar refractivity (Wildman–Crippen MR) is 68.4 cm³/mol. The third kappa shape index (κ3) is 1.38. The molecule has 18 heavy (non-hydrogen) atoms. The summed E-state index contributed by atoms with van der Waals surface area (Å²) in [7, 11) is 0. The molecule has 1 spiro atoms. The van der Waals surface area contributed by atoms with E-state index in [1.165, 1.54) is 18.9 Å². The molecule has 4 rings (SSSR count). The first-order valence-electron chi connectivity index (χ1n) is 6.44. The monoisotopic (exact) mass is 246 g/mol. The number of hydrogen-bond acceptors (Lipinski definition) is 3. The second-order valence-electron chi connectivity index (χ2n) is 5.32. The molecule has 2 fully saturated rings. The van der Waals surface area contributed by atoms with Crippen LogP contribution < -0.4 is 10.2 Å². The molecule has 94 valence electrons. The predicted octanol–water partition coefficient (Wildman–Crippen LogP) is 2.51. The second-order valence-corrected chi connectivity index (χ2v) is 5.32. The van der Waals surface area contributed by atoms with Crippen LogP contribution in [0.4, 0.5) is 10.1 Å². The minimum absolute atomic E-state index is 0.187. The summed E-state index contributed by atoms with van der Waals surface area (Å²) in [5, 5.41) is 4.27. The zero-order valence-electron chi connectivity index (χ0n) is 10.1. The molecular formula is C14H15FN2O. The van der Waals surface area contributed by atoms with Crippen LogP contribution in [0.2, 0.25) is 0 Å². The molecule has 0 atom stereocenters. The van der Waals surface area contributed by atoms with Crippen molar-refractivity contribution in [2.45, 2.75) is 18.4 Å². The Morgan fingerprint density at radius 2 is 2.22 bits per heavy atom. The largest absolute Gasteiger partial charge is 0.462 e. The van der Waals surface area contributed by atoms with Crippen molar-refractivity contribution in [1.82, 2.24) is 5.32 Å². The molecule has 1 aromatic heterocycles. The first-order valence-corrected chi connectivity index (χ1v) is 6.44. The van der Waals surface area contributed by atoms with E-state index in [0.29, 0.717) is 0 Å². The highest BCUT2D eigenvalue weighted by atomic mass is 19.1. The Balaban J connectivity index is 1.88. The van der Waals surface area contributed by atoms with Crippen molar-refractivity contribution in [1.29, 1.82) is 0 Å². The zero-order valence-corrected chi connectivity index (χ0v) is 10.1. The Morgan fingerprint density at radius 3 is 3.06 bits per heavy atom. The quantitative estimate of drug-likeness (QED) is 0.838. The lowest BCUT2D eigenvalue weighted by molar-refractivity contribution is 0.461. The summed E-state index contributed by atoms with van der Waals surface area (Å²) in [5.41, 5.74) is 1.92. The van der Waals surface area contributed by atoms with Gasteiger partial charge in [-0.1, -0.05) is 0 Å². The van der Waals surface area contributed by atoms with Crippen molar-refractivity contribution >= 4 is 16.7 Å². The van der Waals surface area contributed by atoms with Crippen molar-refractivity contribution < 1.29 is 8.81 Å². The van der Waals surface area contributed by atoms with Gasteiger partial charge in [0.25, 0.3) is 0 Å². The van der Waals surface area contributed by atoms with E-state index >= 15 is 0 Å². The van der Waals surface area contributed by atoms with Gasteiger partial charge >= 0.3 is 0 Å². The van der Waals surface area contributed by atoms with Gasteiger partial charge in [0.1, 0.15) is 5.82 Å². The molecule has 1 aliphatic heterocycles. The summed E-state index contributed by atoms with van der Waals surface area (Å²) in [5.74, 6) is -0.187. The molecule has 4 heteroatoms. The highest BCUT2D eigenvalue weighted by molar-refractivity contribution is 5.90. The first-order chi connectivity index (χ1) is 8.78. The molecule has 2 heterocycles. The average Bonchev–Trinajstić information content (AvgIpc) is 2.97. The molecule has 1 saturated carbocycles. The van der Waals surface area contributed by atoms with Gasteiger partial charge in [-0.2, -0.15) is 0 Å². The fourth-order valence-electron chi connectivity index (χ4n) is 3.04. The van der Waals surface area contributed by atoms with Crippen LogP contribution in [0.15, 0.2) is 28.9 Å². The van der Waals surface area contributed by atoms with Gasteiger partial charge in [0.05, 0.1) is 17.5 Å². The third-order valence-electron chi connectivity index (χ3n) is 4.15. The summed E-state index contributed by atoms with van der Waals surface area (Å²) >= 11 is 0. The van der Waals surface area contributed by atoms with Crippen LogP contribution in [0.25, 0.3) is 11.0 Å². The normalized spacial score (nSPS) is 21.7.